The van der Waals surface area contributed by atoms with Gasteiger partial charge in [0.05, 0.1) is 5.56 Å². The number of rotatable bonds is 6. The lowest BCUT2D eigenvalue weighted by atomic mass is 9.99. The standard InChI is InChI=1S/C18H24N2O/c1-4-6-12-20-13(3)16(18(19)21)17(15(20)5-2)14-10-8-7-9-11-14/h7-11H,4-6,12H2,1-3H3,(H2,19,21). The number of nitrogens with zero attached hydrogens (tertiary/aromatic N) is 1. The number of unbranched alkanes of at least 4 members (excludes halogenated alkanes) is 1. The summed E-state index contributed by atoms with van der Waals surface area (Å²) < 4.78 is 2.27. The van der Waals surface area contributed by atoms with E-state index in [4.69, 9.17) is 5.73 Å². The van der Waals surface area contributed by atoms with Crippen LogP contribution >= 0.6 is 0 Å². The Labute approximate surface area is 126 Å². The second kappa shape index (κ2) is 6.61. The Morgan fingerprint density at radius 3 is 2.38 bits per heavy atom. The summed E-state index contributed by atoms with van der Waals surface area (Å²) in [5.41, 5.74) is 10.6. The van der Waals surface area contributed by atoms with Crippen molar-refractivity contribution >= 4 is 5.91 Å². The van der Waals surface area contributed by atoms with Crippen LogP contribution in [0.25, 0.3) is 11.1 Å². The van der Waals surface area contributed by atoms with Crippen LogP contribution in [-0.4, -0.2) is 10.5 Å². The molecule has 3 heteroatoms. The molecular weight excluding hydrogens is 260 g/mol. The number of hydrogen-bond acceptors (Lipinski definition) is 1. The van der Waals surface area contributed by atoms with Crippen molar-refractivity contribution < 1.29 is 4.79 Å². The van der Waals surface area contributed by atoms with E-state index >= 15 is 0 Å². The minimum atomic E-state index is -0.337. The highest BCUT2D eigenvalue weighted by molar-refractivity contribution is 6.02. The number of carbonyl (C=O) groups is 1. The fraction of sp³-hybridized carbons (Fsp3) is 0.389. The highest BCUT2D eigenvalue weighted by Gasteiger charge is 2.23. The fourth-order valence-corrected chi connectivity index (χ4v) is 3.00. The van der Waals surface area contributed by atoms with Gasteiger partial charge in [-0.15, -0.1) is 0 Å². The van der Waals surface area contributed by atoms with Crippen LogP contribution in [0.3, 0.4) is 0 Å². The average molecular weight is 284 g/mol. The van der Waals surface area contributed by atoms with Crippen molar-refractivity contribution in [3.8, 4) is 11.1 Å². The minimum absolute atomic E-state index is 0.337. The lowest BCUT2D eigenvalue weighted by Crippen LogP contribution is -2.13. The molecule has 0 aliphatic carbocycles. The molecule has 1 aromatic heterocycles. The molecule has 2 aromatic rings. The molecule has 3 nitrogen and oxygen atoms in total. The molecule has 1 aromatic carbocycles. The van der Waals surface area contributed by atoms with Crippen LogP contribution in [0.15, 0.2) is 30.3 Å². The Balaban J connectivity index is 2.69. The summed E-state index contributed by atoms with van der Waals surface area (Å²) in [6.45, 7) is 7.26. The van der Waals surface area contributed by atoms with Crippen LogP contribution in [0.2, 0.25) is 0 Å². The third-order valence-electron chi connectivity index (χ3n) is 4.01. The normalized spacial score (nSPS) is 10.8. The third-order valence-corrected chi connectivity index (χ3v) is 4.01. The zero-order chi connectivity index (χ0) is 15.4. The van der Waals surface area contributed by atoms with E-state index in [1.165, 1.54) is 5.69 Å². The van der Waals surface area contributed by atoms with E-state index in [1.807, 2.05) is 37.3 Å². The number of primary amides is 1. The third kappa shape index (κ3) is 2.87. The first-order valence-corrected chi connectivity index (χ1v) is 7.68. The van der Waals surface area contributed by atoms with Crippen molar-refractivity contribution in [3.05, 3.63) is 47.3 Å². The highest BCUT2D eigenvalue weighted by atomic mass is 16.1. The molecule has 1 heterocycles. The Kier molecular flexibility index (Phi) is 4.84. The lowest BCUT2D eigenvalue weighted by molar-refractivity contribution is 0.1000. The van der Waals surface area contributed by atoms with E-state index in [0.717, 1.165) is 42.6 Å². The van der Waals surface area contributed by atoms with Crippen LogP contribution in [0, 0.1) is 6.92 Å². The van der Waals surface area contributed by atoms with E-state index in [0.29, 0.717) is 5.56 Å². The summed E-state index contributed by atoms with van der Waals surface area (Å²) in [4.78, 5) is 12.0. The summed E-state index contributed by atoms with van der Waals surface area (Å²) >= 11 is 0. The zero-order valence-corrected chi connectivity index (χ0v) is 13.1. The molecule has 2 rings (SSSR count). The molecule has 112 valence electrons. The van der Waals surface area contributed by atoms with Crippen LogP contribution in [-0.2, 0) is 13.0 Å². The molecule has 0 saturated heterocycles. The van der Waals surface area contributed by atoms with Gasteiger partial charge in [0.15, 0.2) is 0 Å². The first-order valence-electron chi connectivity index (χ1n) is 7.68. The topological polar surface area (TPSA) is 48.0 Å². The van der Waals surface area contributed by atoms with E-state index in [1.54, 1.807) is 0 Å². The van der Waals surface area contributed by atoms with Gasteiger partial charge in [0.1, 0.15) is 0 Å². The molecule has 0 radical (unpaired) electrons. The van der Waals surface area contributed by atoms with Crippen molar-refractivity contribution in [2.45, 2.75) is 46.6 Å². The summed E-state index contributed by atoms with van der Waals surface area (Å²) in [6.07, 6.45) is 3.13. The van der Waals surface area contributed by atoms with Gasteiger partial charge in [0.2, 0.25) is 0 Å². The summed E-state index contributed by atoms with van der Waals surface area (Å²) in [5.74, 6) is -0.337. The van der Waals surface area contributed by atoms with Gasteiger partial charge in [0.25, 0.3) is 5.91 Å². The van der Waals surface area contributed by atoms with Crippen molar-refractivity contribution in [1.82, 2.24) is 4.57 Å². The van der Waals surface area contributed by atoms with Gasteiger partial charge in [0, 0.05) is 23.5 Å². The average Bonchev–Trinajstić information content (AvgIpc) is 2.78. The van der Waals surface area contributed by atoms with Crippen LogP contribution in [0.1, 0.15) is 48.4 Å². The molecule has 0 unspecified atom stereocenters. The molecule has 2 N–H and O–H groups in total. The molecule has 0 aliphatic heterocycles. The Bertz CT molecular complexity index is 626. The van der Waals surface area contributed by atoms with Gasteiger partial charge in [-0.1, -0.05) is 50.6 Å². The Hall–Kier alpha value is -2.03. The Morgan fingerprint density at radius 1 is 1.19 bits per heavy atom. The van der Waals surface area contributed by atoms with Crippen LogP contribution < -0.4 is 5.73 Å². The van der Waals surface area contributed by atoms with E-state index in [9.17, 15) is 4.79 Å². The number of carbonyl (C=O) groups excluding carboxylic acids is 1. The number of benzene rings is 1. The largest absolute Gasteiger partial charge is 0.366 e. The molecule has 21 heavy (non-hydrogen) atoms. The number of aromatic nitrogens is 1. The maximum atomic E-state index is 12.0. The van der Waals surface area contributed by atoms with Crippen molar-refractivity contribution in [3.63, 3.8) is 0 Å². The lowest BCUT2D eigenvalue weighted by Gasteiger charge is -2.11. The predicted molar refractivity (Wildman–Crippen MR) is 87.4 cm³/mol. The Morgan fingerprint density at radius 2 is 1.86 bits per heavy atom. The number of hydrogen-bond donors (Lipinski definition) is 1. The van der Waals surface area contributed by atoms with Crippen molar-refractivity contribution in [2.24, 2.45) is 5.73 Å². The van der Waals surface area contributed by atoms with Gasteiger partial charge in [-0.25, -0.2) is 0 Å². The highest BCUT2D eigenvalue weighted by Crippen LogP contribution is 2.33. The SMILES string of the molecule is CCCCn1c(C)c(C(N)=O)c(-c2ccccc2)c1CC. The van der Waals surface area contributed by atoms with Crippen molar-refractivity contribution in [2.75, 3.05) is 0 Å². The molecule has 0 atom stereocenters. The quantitative estimate of drug-likeness (QED) is 0.858. The molecule has 0 spiro atoms. The van der Waals surface area contributed by atoms with Gasteiger partial charge in [-0.3, -0.25) is 4.79 Å². The smallest absolute Gasteiger partial charge is 0.251 e. The van der Waals surface area contributed by atoms with Gasteiger partial charge in [-0.2, -0.15) is 0 Å². The van der Waals surface area contributed by atoms with E-state index < -0.39 is 0 Å². The summed E-state index contributed by atoms with van der Waals surface area (Å²) in [5, 5.41) is 0. The maximum absolute atomic E-state index is 12.0. The molecule has 0 fully saturated rings. The fourth-order valence-electron chi connectivity index (χ4n) is 3.00. The second-order valence-corrected chi connectivity index (χ2v) is 5.37. The number of amides is 1. The van der Waals surface area contributed by atoms with Crippen LogP contribution in [0.4, 0.5) is 0 Å². The maximum Gasteiger partial charge on any atom is 0.251 e. The molecule has 0 aliphatic rings. The molecule has 0 bridgehead atoms. The molecule has 1 amide bonds. The van der Waals surface area contributed by atoms with E-state index in [-0.39, 0.29) is 5.91 Å². The second-order valence-electron chi connectivity index (χ2n) is 5.37. The van der Waals surface area contributed by atoms with E-state index in [2.05, 4.69) is 18.4 Å². The zero-order valence-electron chi connectivity index (χ0n) is 13.1. The first kappa shape index (κ1) is 15.4. The summed E-state index contributed by atoms with van der Waals surface area (Å²) in [6, 6.07) is 10.1. The van der Waals surface area contributed by atoms with Crippen molar-refractivity contribution in [1.29, 1.82) is 0 Å². The molecule has 0 saturated carbocycles. The monoisotopic (exact) mass is 284 g/mol. The minimum Gasteiger partial charge on any atom is -0.366 e. The number of nitrogens with two attached hydrogens (primary N) is 1. The van der Waals surface area contributed by atoms with Gasteiger partial charge >= 0.3 is 0 Å². The van der Waals surface area contributed by atoms with Crippen LogP contribution in [0.5, 0.6) is 0 Å². The molecular formula is C18H24N2O. The van der Waals surface area contributed by atoms with Gasteiger partial charge < -0.3 is 10.3 Å². The predicted octanol–water partition coefficient (Wildman–Crippen LogP) is 3.92. The first-order chi connectivity index (χ1) is 10.1. The van der Waals surface area contributed by atoms with Gasteiger partial charge in [-0.05, 0) is 25.3 Å². The summed E-state index contributed by atoms with van der Waals surface area (Å²) in [7, 11) is 0.